The molecule has 6 aromatic carbocycles. The highest BCUT2D eigenvalue weighted by molar-refractivity contribution is 6.21. The summed E-state index contributed by atoms with van der Waals surface area (Å²) in [6.07, 6.45) is 0. The molecule has 1 aliphatic rings. The summed E-state index contributed by atoms with van der Waals surface area (Å²) in [4.78, 5) is 0. The minimum Gasteiger partial charge on any atom is -0.0619 e. The molecule has 156 valence electrons. The van der Waals surface area contributed by atoms with E-state index in [1.165, 1.54) is 65.7 Å². The molecule has 0 nitrogen and oxygen atoms in total. The van der Waals surface area contributed by atoms with Gasteiger partial charge >= 0.3 is 0 Å². The summed E-state index contributed by atoms with van der Waals surface area (Å²) >= 11 is 0. The lowest BCUT2D eigenvalue weighted by molar-refractivity contribution is 0.660. The lowest BCUT2D eigenvalue weighted by atomic mass is 9.82. The van der Waals surface area contributed by atoms with Gasteiger partial charge in [0.2, 0.25) is 0 Å². The molecule has 0 saturated heterocycles. The fraction of sp³-hybridized carbons (Fsp3) is 0.0909. The molecule has 0 saturated carbocycles. The quantitative estimate of drug-likeness (QED) is 0.233. The Labute approximate surface area is 194 Å². The van der Waals surface area contributed by atoms with Gasteiger partial charge in [0.1, 0.15) is 0 Å². The van der Waals surface area contributed by atoms with Crippen molar-refractivity contribution < 1.29 is 0 Å². The first-order valence-electron chi connectivity index (χ1n) is 11.7. The predicted octanol–water partition coefficient (Wildman–Crippen LogP) is 9.12. The predicted molar refractivity (Wildman–Crippen MR) is 142 cm³/mol. The van der Waals surface area contributed by atoms with Crippen LogP contribution in [0.4, 0.5) is 0 Å². The SMILES string of the molecule is CC1(C)c2ccccc2-c2cc(-c3cc4c5ccccc5ccc4c4ccccc34)ccc21. The van der Waals surface area contributed by atoms with Crippen LogP contribution in [0.25, 0.3) is 54.6 Å². The second-order valence-electron chi connectivity index (χ2n) is 9.78. The van der Waals surface area contributed by atoms with Gasteiger partial charge in [0.25, 0.3) is 0 Å². The Balaban J connectivity index is 1.57. The van der Waals surface area contributed by atoms with Crippen molar-refractivity contribution >= 4 is 32.3 Å². The van der Waals surface area contributed by atoms with Gasteiger partial charge in [-0.25, -0.2) is 0 Å². The largest absolute Gasteiger partial charge is 0.0619 e. The van der Waals surface area contributed by atoms with Crippen LogP contribution in [0.15, 0.2) is 109 Å². The van der Waals surface area contributed by atoms with E-state index in [1.807, 2.05) is 0 Å². The molecular weight excluding hydrogens is 396 g/mol. The van der Waals surface area contributed by atoms with Crippen molar-refractivity contribution in [1.29, 1.82) is 0 Å². The highest BCUT2D eigenvalue weighted by Crippen LogP contribution is 2.50. The van der Waals surface area contributed by atoms with E-state index in [0.29, 0.717) is 0 Å². The maximum Gasteiger partial charge on any atom is 0.0158 e. The average molecular weight is 421 g/mol. The molecule has 33 heavy (non-hydrogen) atoms. The monoisotopic (exact) mass is 420 g/mol. The highest BCUT2D eigenvalue weighted by Gasteiger charge is 2.35. The molecule has 0 bridgehead atoms. The molecule has 1 aliphatic carbocycles. The third-order valence-electron chi connectivity index (χ3n) is 7.66. The van der Waals surface area contributed by atoms with Crippen LogP contribution >= 0.6 is 0 Å². The fourth-order valence-corrected chi connectivity index (χ4v) is 5.99. The van der Waals surface area contributed by atoms with E-state index in [2.05, 4.69) is 123 Å². The van der Waals surface area contributed by atoms with Gasteiger partial charge in [-0.15, -0.1) is 0 Å². The number of benzene rings is 6. The Hall–Kier alpha value is -3.90. The van der Waals surface area contributed by atoms with Gasteiger partial charge in [0.15, 0.2) is 0 Å². The first-order valence-corrected chi connectivity index (χ1v) is 11.7. The van der Waals surface area contributed by atoms with Crippen LogP contribution in [-0.4, -0.2) is 0 Å². The summed E-state index contributed by atoms with van der Waals surface area (Å²) in [6.45, 7) is 4.68. The minimum absolute atomic E-state index is 0.0338. The van der Waals surface area contributed by atoms with E-state index in [-0.39, 0.29) is 5.41 Å². The van der Waals surface area contributed by atoms with E-state index in [1.54, 1.807) is 0 Å². The fourth-order valence-electron chi connectivity index (χ4n) is 5.99. The summed E-state index contributed by atoms with van der Waals surface area (Å²) in [5.41, 5.74) is 8.21. The Kier molecular flexibility index (Phi) is 3.71. The maximum atomic E-state index is 2.42. The molecule has 6 aromatic rings. The van der Waals surface area contributed by atoms with Gasteiger partial charge < -0.3 is 0 Å². The molecule has 0 N–H and O–H groups in total. The van der Waals surface area contributed by atoms with Crippen LogP contribution in [-0.2, 0) is 5.41 Å². The molecule has 0 atom stereocenters. The van der Waals surface area contributed by atoms with Crippen LogP contribution in [0.2, 0.25) is 0 Å². The van der Waals surface area contributed by atoms with Crippen molar-refractivity contribution in [1.82, 2.24) is 0 Å². The Morgan fingerprint density at radius 3 is 1.97 bits per heavy atom. The standard InChI is InChI=1S/C33H24/c1-33(2)31-14-8-7-13-27(31)30-19-22(16-18-32(30)33)28-20-29-23-10-4-3-9-21(23)15-17-26(29)24-11-5-6-12-25(24)28/h3-20H,1-2H3. The van der Waals surface area contributed by atoms with Crippen molar-refractivity contribution in [2.45, 2.75) is 19.3 Å². The molecule has 0 amide bonds. The average Bonchev–Trinajstić information content (AvgIpc) is 3.10. The number of fused-ring (bicyclic) bond motifs is 8. The van der Waals surface area contributed by atoms with Crippen molar-refractivity contribution in [2.24, 2.45) is 0 Å². The Bertz CT molecular complexity index is 1730. The molecule has 7 rings (SSSR count). The Morgan fingerprint density at radius 2 is 1.09 bits per heavy atom. The zero-order valence-corrected chi connectivity index (χ0v) is 18.9. The molecule has 0 fully saturated rings. The number of hydrogen-bond acceptors (Lipinski definition) is 0. The normalized spacial score (nSPS) is 14.0. The van der Waals surface area contributed by atoms with Gasteiger partial charge in [-0.3, -0.25) is 0 Å². The first-order chi connectivity index (χ1) is 16.1. The third-order valence-corrected chi connectivity index (χ3v) is 7.66. The molecule has 0 spiro atoms. The molecule has 0 heterocycles. The summed E-state index contributed by atoms with van der Waals surface area (Å²) in [7, 11) is 0. The van der Waals surface area contributed by atoms with E-state index in [9.17, 15) is 0 Å². The van der Waals surface area contributed by atoms with Crippen LogP contribution in [0.3, 0.4) is 0 Å². The van der Waals surface area contributed by atoms with E-state index >= 15 is 0 Å². The second-order valence-corrected chi connectivity index (χ2v) is 9.78. The van der Waals surface area contributed by atoms with E-state index in [4.69, 9.17) is 0 Å². The smallest absolute Gasteiger partial charge is 0.0158 e. The van der Waals surface area contributed by atoms with Crippen LogP contribution in [0, 0.1) is 0 Å². The zero-order chi connectivity index (χ0) is 22.2. The van der Waals surface area contributed by atoms with Crippen molar-refractivity contribution in [3.05, 3.63) is 120 Å². The van der Waals surface area contributed by atoms with E-state index in [0.717, 1.165) is 0 Å². The molecule has 0 heteroatoms. The topological polar surface area (TPSA) is 0 Å². The lowest BCUT2D eigenvalue weighted by Gasteiger charge is -2.21. The molecule has 0 radical (unpaired) electrons. The number of rotatable bonds is 1. The van der Waals surface area contributed by atoms with Gasteiger partial charge in [-0.2, -0.15) is 0 Å². The summed E-state index contributed by atoms with van der Waals surface area (Å²) in [6, 6.07) is 40.5. The van der Waals surface area contributed by atoms with Gasteiger partial charge in [0.05, 0.1) is 0 Å². The van der Waals surface area contributed by atoms with Crippen LogP contribution < -0.4 is 0 Å². The third kappa shape index (κ3) is 2.52. The summed E-state index contributed by atoms with van der Waals surface area (Å²) in [5, 5.41) is 7.87. The molecule has 0 aliphatic heterocycles. The van der Waals surface area contributed by atoms with Gasteiger partial charge in [-0.1, -0.05) is 111 Å². The molecule has 0 aromatic heterocycles. The van der Waals surface area contributed by atoms with Crippen molar-refractivity contribution in [3.63, 3.8) is 0 Å². The van der Waals surface area contributed by atoms with Gasteiger partial charge in [-0.05, 0) is 77.8 Å². The Morgan fingerprint density at radius 1 is 0.424 bits per heavy atom. The maximum absolute atomic E-state index is 2.42. The van der Waals surface area contributed by atoms with Gasteiger partial charge in [0, 0.05) is 5.41 Å². The van der Waals surface area contributed by atoms with Crippen LogP contribution in [0.1, 0.15) is 25.0 Å². The highest BCUT2D eigenvalue weighted by atomic mass is 14.4. The van der Waals surface area contributed by atoms with Crippen LogP contribution in [0.5, 0.6) is 0 Å². The second kappa shape index (κ2) is 6.56. The minimum atomic E-state index is 0.0338. The first kappa shape index (κ1) is 18.7. The summed E-state index contributed by atoms with van der Waals surface area (Å²) in [5.74, 6) is 0. The summed E-state index contributed by atoms with van der Waals surface area (Å²) < 4.78 is 0. The van der Waals surface area contributed by atoms with E-state index < -0.39 is 0 Å². The van der Waals surface area contributed by atoms with Crippen molar-refractivity contribution in [2.75, 3.05) is 0 Å². The zero-order valence-electron chi connectivity index (χ0n) is 18.9. The van der Waals surface area contributed by atoms with Crippen molar-refractivity contribution in [3.8, 4) is 22.3 Å². The molecular formula is C33H24. The molecule has 0 unspecified atom stereocenters. The number of hydrogen-bond donors (Lipinski definition) is 0. The lowest BCUT2D eigenvalue weighted by Crippen LogP contribution is -2.14.